The molecule has 0 saturated carbocycles. The maximum atomic E-state index is 12.1. The maximum Gasteiger partial charge on any atom is 0.338 e. The molecule has 0 aliphatic heterocycles. The van der Waals surface area contributed by atoms with Crippen LogP contribution in [0.15, 0.2) is 83.0 Å². The number of hydrogen-bond donors (Lipinski definition) is 1. The average molecular weight is 346 g/mol. The zero-order chi connectivity index (χ0) is 18.4. The number of esters is 1. The van der Waals surface area contributed by atoms with E-state index in [0.717, 1.165) is 5.56 Å². The maximum absolute atomic E-state index is 12.1. The number of hydrogen-bond acceptors (Lipinski definition) is 5. The van der Waals surface area contributed by atoms with Crippen molar-refractivity contribution in [3.05, 3.63) is 89.5 Å². The summed E-state index contributed by atoms with van der Waals surface area (Å²) >= 11 is 0. The highest BCUT2D eigenvalue weighted by Gasteiger charge is 2.12. The number of aryl methyl sites for hydroxylation is 1. The summed E-state index contributed by atoms with van der Waals surface area (Å²) in [6, 6.07) is 21.5. The number of rotatable bonds is 5. The lowest BCUT2D eigenvalue weighted by Crippen LogP contribution is -2.05. The van der Waals surface area contributed by atoms with Gasteiger partial charge in [-0.3, -0.25) is 0 Å². The molecule has 0 radical (unpaired) electrons. The van der Waals surface area contributed by atoms with Gasteiger partial charge in [-0.2, -0.15) is 5.11 Å². The van der Waals surface area contributed by atoms with Gasteiger partial charge < -0.3 is 9.84 Å². The first-order valence-electron chi connectivity index (χ1n) is 8.15. The second kappa shape index (κ2) is 8.07. The Morgan fingerprint density at radius 2 is 1.62 bits per heavy atom. The second-order valence-corrected chi connectivity index (χ2v) is 5.77. The third kappa shape index (κ3) is 4.33. The second-order valence-electron chi connectivity index (χ2n) is 5.77. The first-order valence-corrected chi connectivity index (χ1v) is 8.15. The fourth-order valence-electron chi connectivity index (χ4n) is 2.43. The summed E-state index contributed by atoms with van der Waals surface area (Å²) < 4.78 is 5.30. The number of benzene rings is 3. The summed E-state index contributed by atoms with van der Waals surface area (Å²) in [5.74, 6) is -0.491. The molecule has 0 amide bonds. The number of phenolic OH excluding ortho intramolecular Hbond substituents is 1. The molecule has 0 heterocycles. The van der Waals surface area contributed by atoms with Crippen molar-refractivity contribution in [1.29, 1.82) is 0 Å². The Morgan fingerprint density at radius 1 is 0.962 bits per heavy atom. The van der Waals surface area contributed by atoms with E-state index in [1.54, 1.807) is 36.4 Å². The summed E-state index contributed by atoms with van der Waals surface area (Å²) in [4.78, 5) is 12.1. The average Bonchev–Trinajstić information content (AvgIpc) is 2.68. The lowest BCUT2D eigenvalue weighted by molar-refractivity contribution is 0.0470. The molecule has 5 heteroatoms. The molecule has 3 aromatic carbocycles. The minimum absolute atomic E-state index is 0.0452. The van der Waals surface area contributed by atoms with Gasteiger partial charge in [-0.1, -0.05) is 36.4 Å². The Balaban J connectivity index is 1.77. The lowest BCUT2D eigenvalue weighted by atomic mass is 10.1. The van der Waals surface area contributed by atoms with Crippen molar-refractivity contribution in [3.63, 3.8) is 0 Å². The Morgan fingerprint density at radius 3 is 2.31 bits per heavy atom. The molecule has 0 bridgehead atoms. The predicted molar refractivity (Wildman–Crippen MR) is 99.0 cm³/mol. The van der Waals surface area contributed by atoms with Gasteiger partial charge in [-0.15, -0.1) is 5.11 Å². The van der Waals surface area contributed by atoms with E-state index in [2.05, 4.69) is 10.2 Å². The summed E-state index contributed by atoms with van der Waals surface area (Å²) in [5, 5.41) is 18.7. The number of carbonyl (C=O) groups excluding carboxylic acids is 1. The molecule has 0 aliphatic carbocycles. The zero-order valence-corrected chi connectivity index (χ0v) is 14.3. The number of aromatic hydroxyl groups is 1. The predicted octanol–water partition coefficient (Wildman–Crippen LogP) is 5.47. The van der Waals surface area contributed by atoms with Crippen molar-refractivity contribution in [2.45, 2.75) is 13.5 Å². The van der Waals surface area contributed by atoms with E-state index < -0.39 is 5.97 Å². The van der Waals surface area contributed by atoms with Gasteiger partial charge >= 0.3 is 5.97 Å². The van der Waals surface area contributed by atoms with Gasteiger partial charge in [0, 0.05) is 5.56 Å². The van der Waals surface area contributed by atoms with Crippen LogP contribution in [0, 0.1) is 6.92 Å². The van der Waals surface area contributed by atoms with Gasteiger partial charge in [-0.25, -0.2) is 4.79 Å². The van der Waals surface area contributed by atoms with Crippen molar-refractivity contribution >= 4 is 17.3 Å². The van der Waals surface area contributed by atoms with E-state index in [1.807, 2.05) is 43.3 Å². The lowest BCUT2D eigenvalue weighted by Gasteiger charge is -2.09. The largest absolute Gasteiger partial charge is 0.505 e. The van der Waals surface area contributed by atoms with Crippen LogP contribution in [0.2, 0.25) is 0 Å². The SMILES string of the molecule is Cc1cc(COC(=O)c2ccccc2)c(O)c(N=Nc2ccccc2)c1. The molecule has 0 spiro atoms. The quantitative estimate of drug-likeness (QED) is 0.491. The Hall–Kier alpha value is -3.47. The Labute approximate surface area is 151 Å². The number of phenols is 1. The van der Waals surface area contributed by atoms with Gasteiger partial charge in [0.1, 0.15) is 18.0 Å². The molecular weight excluding hydrogens is 328 g/mol. The molecule has 0 unspecified atom stereocenters. The van der Waals surface area contributed by atoms with E-state index in [1.165, 1.54) is 0 Å². The molecule has 5 nitrogen and oxygen atoms in total. The highest BCUT2D eigenvalue weighted by molar-refractivity contribution is 5.89. The number of nitrogens with zero attached hydrogens (tertiary/aromatic N) is 2. The number of ether oxygens (including phenoxy) is 1. The zero-order valence-electron chi connectivity index (χ0n) is 14.3. The molecular formula is C21H18N2O3. The van der Waals surface area contributed by atoms with E-state index in [-0.39, 0.29) is 12.4 Å². The fourth-order valence-corrected chi connectivity index (χ4v) is 2.43. The first kappa shape index (κ1) is 17.4. The fraction of sp³-hybridized carbons (Fsp3) is 0.0952. The van der Waals surface area contributed by atoms with Gasteiger partial charge in [0.05, 0.1) is 11.3 Å². The summed E-state index contributed by atoms with van der Waals surface area (Å²) in [6.07, 6.45) is 0. The van der Waals surface area contributed by atoms with Crippen LogP contribution >= 0.6 is 0 Å². The standard InChI is InChI=1S/C21H18N2O3/c1-15-12-17(14-26-21(25)16-8-4-2-5-9-16)20(24)19(13-15)23-22-18-10-6-3-7-11-18/h2-13,24H,14H2,1H3. The highest BCUT2D eigenvalue weighted by atomic mass is 16.5. The van der Waals surface area contributed by atoms with Crippen LogP contribution in [0.1, 0.15) is 21.5 Å². The van der Waals surface area contributed by atoms with Crippen LogP contribution in [0.25, 0.3) is 0 Å². The van der Waals surface area contributed by atoms with Gasteiger partial charge in [0.15, 0.2) is 0 Å². The molecule has 0 fully saturated rings. The van der Waals surface area contributed by atoms with Crippen molar-refractivity contribution in [2.75, 3.05) is 0 Å². The number of carbonyl (C=O) groups is 1. The van der Waals surface area contributed by atoms with Crippen LogP contribution in [0.5, 0.6) is 5.75 Å². The Kier molecular flexibility index (Phi) is 5.39. The normalized spacial score (nSPS) is 10.8. The van der Waals surface area contributed by atoms with E-state index in [9.17, 15) is 9.90 Å². The van der Waals surface area contributed by atoms with Gasteiger partial charge in [-0.05, 0) is 48.9 Å². The molecule has 26 heavy (non-hydrogen) atoms. The van der Waals surface area contributed by atoms with Crippen LogP contribution in [-0.4, -0.2) is 11.1 Å². The van der Waals surface area contributed by atoms with Crippen molar-refractivity contribution < 1.29 is 14.6 Å². The van der Waals surface area contributed by atoms with Crippen LogP contribution in [0.4, 0.5) is 11.4 Å². The summed E-state index contributed by atoms with van der Waals surface area (Å²) in [6.45, 7) is 1.83. The first-order chi connectivity index (χ1) is 12.6. The van der Waals surface area contributed by atoms with Crippen LogP contribution in [-0.2, 0) is 11.3 Å². The third-order valence-corrected chi connectivity index (χ3v) is 3.71. The van der Waals surface area contributed by atoms with Crippen LogP contribution < -0.4 is 0 Å². The highest BCUT2D eigenvalue weighted by Crippen LogP contribution is 2.33. The topological polar surface area (TPSA) is 71.2 Å². The monoisotopic (exact) mass is 346 g/mol. The van der Waals surface area contributed by atoms with Gasteiger partial charge in [0.2, 0.25) is 0 Å². The molecule has 1 N–H and O–H groups in total. The molecule has 3 rings (SSSR count). The summed E-state index contributed by atoms with van der Waals surface area (Å²) in [7, 11) is 0. The van der Waals surface area contributed by atoms with E-state index in [4.69, 9.17) is 4.74 Å². The van der Waals surface area contributed by atoms with Gasteiger partial charge in [0.25, 0.3) is 0 Å². The Bertz CT molecular complexity index is 923. The molecule has 0 aliphatic rings. The number of azo groups is 1. The van der Waals surface area contributed by atoms with E-state index >= 15 is 0 Å². The van der Waals surface area contributed by atoms with Crippen molar-refractivity contribution in [2.24, 2.45) is 10.2 Å². The van der Waals surface area contributed by atoms with Crippen molar-refractivity contribution in [3.8, 4) is 5.75 Å². The molecule has 0 aromatic heterocycles. The van der Waals surface area contributed by atoms with E-state index in [0.29, 0.717) is 22.5 Å². The van der Waals surface area contributed by atoms with Crippen molar-refractivity contribution in [1.82, 2.24) is 0 Å². The summed E-state index contributed by atoms with van der Waals surface area (Å²) in [5.41, 5.74) is 2.85. The minimum Gasteiger partial charge on any atom is -0.505 e. The molecule has 130 valence electrons. The third-order valence-electron chi connectivity index (χ3n) is 3.71. The molecule has 3 aromatic rings. The minimum atomic E-state index is -0.445. The molecule has 0 atom stereocenters. The smallest absolute Gasteiger partial charge is 0.338 e. The van der Waals surface area contributed by atoms with Crippen LogP contribution in [0.3, 0.4) is 0 Å². The molecule has 0 saturated heterocycles.